The van der Waals surface area contributed by atoms with Gasteiger partial charge in [-0.15, -0.1) is 0 Å². The molecule has 0 aromatic heterocycles. The molecule has 0 amide bonds. The second-order valence-electron chi connectivity index (χ2n) is 1.58. The number of allylic oxidation sites excluding steroid dienone is 1. The van der Waals surface area contributed by atoms with E-state index in [9.17, 15) is 9.90 Å². The molecule has 10 heavy (non-hydrogen) atoms. The molecule has 2 nitrogen and oxygen atoms in total. The Labute approximate surface area is 91.8 Å². The summed E-state index contributed by atoms with van der Waals surface area (Å²) < 4.78 is 2.92. The molecule has 1 aliphatic heterocycles. The average molecular weight is 260 g/mol. The Kier molecular flexibility index (Phi) is 5.80. The number of carbonyl (C=O) groups is 1. The summed E-state index contributed by atoms with van der Waals surface area (Å²) in [4.78, 5) is 10.1. The van der Waals surface area contributed by atoms with Crippen LogP contribution in [0.5, 0.6) is 0 Å². The molecule has 0 radical (unpaired) electrons. The van der Waals surface area contributed by atoms with E-state index < -0.39 is 5.97 Å². The standard InChI is InChI=1S/C6H6O2Te.Na/c7-6(8)5-1-3-9-4-2-5;/h1-3H,4H2,(H,7,8);/q;+1/p-1. The van der Waals surface area contributed by atoms with Crippen LogP contribution in [-0.4, -0.2) is 26.9 Å². The predicted molar refractivity (Wildman–Crippen MR) is 32.8 cm³/mol. The van der Waals surface area contributed by atoms with Crippen LogP contribution in [0.25, 0.3) is 0 Å². The first-order valence-corrected chi connectivity index (χ1v) is 5.49. The molecule has 0 spiro atoms. The van der Waals surface area contributed by atoms with E-state index in [0.717, 1.165) is 4.47 Å². The van der Waals surface area contributed by atoms with Gasteiger partial charge >= 0.3 is 92.7 Å². The molecule has 0 unspecified atom stereocenters. The van der Waals surface area contributed by atoms with Gasteiger partial charge in [-0.05, 0) is 0 Å². The molecule has 4 heteroatoms. The zero-order chi connectivity index (χ0) is 6.69. The summed E-state index contributed by atoms with van der Waals surface area (Å²) in [7, 11) is 0. The average Bonchev–Trinajstić information content (AvgIpc) is 1.90. The molecule has 0 N–H and O–H groups in total. The van der Waals surface area contributed by atoms with Crippen molar-refractivity contribution in [2.45, 2.75) is 4.47 Å². The number of aliphatic carboxylic acids is 1. The summed E-state index contributed by atoms with van der Waals surface area (Å²) in [6, 6.07) is 0. The number of carbonyl (C=O) groups excluding carboxylic acids is 1. The van der Waals surface area contributed by atoms with Crippen molar-refractivity contribution in [1.29, 1.82) is 0 Å². The topological polar surface area (TPSA) is 40.1 Å². The van der Waals surface area contributed by atoms with Gasteiger partial charge in [0, 0.05) is 0 Å². The third-order valence-electron chi connectivity index (χ3n) is 0.979. The van der Waals surface area contributed by atoms with Crippen LogP contribution in [0.15, 0.2) is 21.8 Å². The Morgan fingerprint density at radius 3 is 2.70 bits per heavy atom. The van der Waals surface area contributed by atoms with Crippen molar-refractivity contribution in [1.82, 2.24) is 0 Å². The second-order valence-corrected chi connectivity index (χ2v) is 4.26. The number of carboxylic acids is 1. The fourth-order valence-corrected chi connectivity index (χ4v) is 2.33. The van der Waals surface area contributed by atoms with Gasteiger partial charge < -0.3 is 0 Å². The number of carboxylic acid groups (broad SMARTS) is 1. The van der Waals surface area contributed by atoms with Gasteiger partial charge in [0.1, 0.15) is 0 Å². The van der Waals surface area contributed by atoms with Gasteiger partial charge in [-0.1, -0.05) is 0 Å². The minimum Gasteiger partial charge on any atom is 1.00 e. The molecular weight excluding hydrogens is 255 g/mol. The zero-order valence-corrected chi connectivity index (χ0v) is 9.99. The van der Waals surface area contributed by atoms with E-state index in [4.69, 9.17) is 0 Å². The quantitative estimate of drug-likeness (QED) is 0.455. The van der Waals surface area contributed by atoms with Gasteiger partial charge in [0.15, 0.2) is 0 Å². The van der Waals surface area contributed by atoms with E-state index in [2.05, 4.69) is 0 Å². The van der Waals surface area contributed by atoms with Gasteiger partial charge in [0.2, 0.25) is 0 Å². The van der Waals surface area contributed by atoms with Crippen molar-refractivity contribution in [3.8, 4) is 0 Å². The largest absolute Gasteiger partial charge is 1.00 e. The Bertz CT molecular complexity index is 186. The van der Waals surface area contributed by atoms with Crippen molar-refractivity contribution < 1.29 is 39.5 Å². The van der Waals surface area contributed by atoms with E-state index >= 15 is 0 Å². The SMILES string of the molecule is O=C([O-])C1=CC[Te]C=C1.[Na+]. The molecule has 0 saturated heterocycles. The first kappa shape index (κ1) is 10.7. The van der Waals surface area contributed by atoms with Crippen LogP contribution in [0.2, 0.25) is 4.47 Å². The minimum absolute atomic E-state index is 0. The Morgan fingerprint density at radius 2 is 2.40 bits per heavy atom. The number of hydrogen-bond donors (Lipinski definition) is 0. The molecule has 0 aromatic carbocycles. The second kappa shape index (κ2) is 5.40. The smallest absolute Gasteiger partial charge is 1.00 e. The first-order chi connectivity index (χ1) is 4.30. The van der Waals surface area contributed by atoms with Gasteiger partial charge in [-0.3, -0.25) is 0 Å². The van der Waals surface area contributed by atoms with Crippen LogP contribution in [0.3, 0.4) is 0 Å². The summed E-state index contributed by atoms with van der Waals surface area (Å²) in [5.41, 5.74) is 0.339. The summed E-state index contributed by atoms with van der Waals surface area (Å²) in [6.45, 7) is 0. The van der Waals surface area contributed by atoms with Crippen LogP contribution in [0, 0.1) is 0 Å². The van der Waals surface area contributed by atoms with Crippen LogP contribution >= 0.6 is 0 Å². The molecule has 0 aliphatic carbocycles. The molecule has 0 saturated carbocycles. The van der Waals surface area contributed by atoms with Crippen LogP contribution in [0.1, 0.15) is 0 Å². The van der Waals surface area contributed by atoms with Gasteiger partial charge in [0.25, 0.3) is 0 Å². The molecule has 0 fully saturated rings. The normalized spacial score (nSPS) is 15.4. The van der Waals surface area contributed by atoms with Crippen molar-refractivity contribution in [2.24, 2.45) is 0 Å². The molecule has 48 valence electrons. The molecule has 0 aromatic rings. The van der Waals surface area contributed by atoms with E-state index in [-0.39, 0.29) is 50.5 Å². The van der Waals surface area contributed by atoms with Gasteiger partial charge in [0.05, 0.1) is 0 Å². The summed E-state index contributed by atoms with van der Waals surface area (Å²) >= 11 is -0.0365. The Balaban J connectivity index is 0.000000810. The van der Waals surface area contributed by atoms with E-state index in [1.165, 1.54) is 0 Å². The van der Waals surface area contributed by atoms with Crippen molar-refractivity contribution in [3.05, 3.63) is 21.8 Å². The fourth-order valence-electron chi connectivity index (χ4n) is 0.534. The Morgan fingerprint density at radius 1 is 1.70 bits per heavy atom. The maximum absolute atomic E-state index is 10.1. The van der Waals surface area contributed by atoms with Crippen molar-refractivity contribution in [2.75, 3.05) is 0 Å². The van der Waals surface area contributed by atoms with Crippen LogP contribution in [0.4, 0.5) is 0 Å². The molecule has 1 heterocycles. The number of rotatable bonds is 1. The van der Waals surface area contributed by atoms with E-state index in [0.29, 0.717) is 5.57 Å². The molecule has 0 atom stereocenters. The Hall–Kier alpha value is 0.740. The number of hydrogen-bond acceptors (Lipinski definition) is 2. The first-order valence-electron chi connectivity index (χ1n) is 2.50. The zero-order valence-electron chi connectivity index (χ0n) is 5.66. The fraction of sp³-hybridized carbons (Fsp3) is 0.167. The maximum atomic E-state index is 10.1. The molecule has 1 aliphatic rings. The molecule has 1 rings (SSSR count). The van der Waals surface area contributed by atoms with E-state index in [1.54, 1.807) is 12.2 Å². The third-order valence-corrected chi connectivity index (χ3v) is 2.94. The summed E-state index contributed by atoms with van der Waals surface area (Å²) in [5.74, 6) is -1.06. The summed E-state index contributed by atoms with van der Waals surface area (Å²) in [5, 5.41) is 10.1. The summed E-state index contributed by atoms with van der Waals surface area (Å²) in [6.07, 6.45) is 3.37. The van der Waals surface area contributed by atoms with E-state index in [1.807, 2.05) is 4.12 Å². The maximum Gasteiger partial charge on any atom is 1.00 e. The minimum atomic E-state index is -1.06. The van der Waals surface area contributed by atoms with Gasteiger partial charge in [-0.2, -0.15) is 0 Å². The molecular formula is C6H5NaO2Te. The van der Waals surface area contributed by atoms with Crippen molar-refractivity contribution in [3.63, 3.8) is 0 Å². The van der Waals surface area contributed by atoms with Gasteiger partial charge in [-0.25, -0.2) is 0 Å². The monoisotopic (exact) mass is 262 g/mol. The van der Waals surface area contributed by atoms with Crippen LogP contribution < -0.4 is 34.7 Å². The third kappa shape index (κ3) is 3.23. The van der Waals surface area contributed by atoms with Crippen LogP contribution in [-0.2, 0) is 4.79 Å². The van der Waals surface area contributed by atoms with Crippen molar-refractivity contribution >= 4 is 26.9 Å². The molecule has 0 bridgehead atoms. The predicted octanol–water partition coefficient (Wildman–Crippen LogP) is -3.68.